The molecule has 9 heteroatoms. The predicted molar refractivity (Wildman–Crippen MR) is 82.1 cm³/mol. The van der Waals surface area contributed by atoms with E-state index in [2.05, 4.69) is 5.32 Å². The second-order valence-electron chi connectivity index (χ2n) is 6.91. The lowest BCUT2D eigenvalue weighted by atomic mass is 10.1. The number of fused-ring (bicyclic) bond motifs is 3. The molecule has 5 atom stereocenters. The number of piperidine rings is 1. The van der Waals surface area contributed by atoms with Gasteiger partial charge in [-0.05, 0) is 18.6 Å². The van der Waals surface area contributed by atoms with Crippen LogP contribution in [0.5, 0.6) is 5.75 Å². The number of nitrogens with zero attached hydrogens (tertiary/aromatic N) is 1. The van der Waals surface area contributed by atoms with E-state index in [9.17, 15) is 27.9 Å². The van der Waals surface area contributed by atoms with Crippen LogP contribution in [0.15, 0.2) is 18.2 Å². The number of nitrogens with one attached hydrogen (secondary N) is 1. The average Bonchev–Trinajstić information content (AvgIpc) is 3.25. The molecule has 1 aromatic rings. The van der Waals surface area contributed by atoms with Crippen LogP contribution >= 0.6 is 0 Å². The number of benzene rings is 1. The fraction of sp³-hybridized carbons (Fsp3) is 0.529. The van der Waals surface area contributed by atoms with Gasteiger partial charge in [0.05, 0.1) is 18.2 Å². The lowest BCUT2D eigenvalue weighted by Crippen LogP contribution is -2.54. The molecular weight excluding hydrogens is 353 g/mol. The third-order valence-electron chi connectivity index (χ3n) is 5.41. The van der Waals surface area contributed by atoms with E-state index in [-0.39, 0.29) is 18.9 Å². The molecule has 2 aliphatic heterocycles. The van der Waals surface area contributed by atoms with Gasteiger partial charge in [-0.2, -0.15) is 8.78 Å². The Balaban J connectivity index is 1.50. The quantitative estimate of drug-likeness (QED) is 0.811. The summed E-state index contributed by atoms with van der Waals surface area (Å²) < 4.78 is 44.4. The third-order valence-corrected chi connectivity index (χ3v) is 5.41. The monoisotopic (exact) mass is 370 g/mol. The molecule has 0 aromatic heterocycles. The van der Waals surface area contributed by atoms with E-state index in [4.69, 9.17) is 4.74 Å². The molecule has 2 heterocycles. The fourth-order valence-electron chi connectivity index (χ4n) is 4.30. The van der Waals surface area contributed by atoms with Crippen molar-refractivity contribution in [1.82, 2.24) is 10.2 Å². The zero-order valence-corrected chi connectivity index (χ0v) is 13.6. The smallest absolute Gasteiger partial charge is 0.315 e. The van der Waals surface area contributed by atoms with Gasteiger partial charge in [0.15, 0.2) is 6.10 Å². The van der Waals surface area contributed by atoms with Crippen LogP contribution in [0.3, 0.4) is 0 Å². The van der Waals surface area contributed by atoms with Crippen molar-refractivity contribution in [2.24, 2.45) is 5.92 Å². The molecule has 2 N–H and O–H groups in total. The SMILES string of the molecule is O=C(N[C@H]1[C@H]2C[C@@H](O)[C@@H]1N(C(=O)C1Cc3c(F)cccc3O1)C2)C(F)F. The number of alkyl halides is 2. The molecule has 2 fully saturated rings. The molecule has 140 valence electrons. The van der Waals surface area contributed by atoms with Gasteiger partial charge in [0.2, 0.25) is 0 Å². The largest absolute Gasteiger partial charge is 0.480 e. The summed E-state index contributed by atoms with van der Waals surface area (Å²) in [7, 11) is 0. The molecular formula is C17H17F3N2O4. The Hall–Kier alpha value is -2.29. The summed E-state index contributed by atoms with van der Waals surface area (Å²) in [6.45, 7) is 0.230. The molecule has 1 saturated heterocycles. The zero-order valence-electron chi connectivity index (χ0n) is 13.6. The number of aliphatic hydroxyl groups is 1. The highest BCUT2D eigenvalue weighted by molar-refractivity contribution is 5.84. The minimum atomic E-state index is -3.16. The van der Waals surface area contributed by atoms with E-state index in [1.807, 2.05) is 0 Å². The van der Waals surface area contributed by atoms with Crippen molar-refractivity contribution in [2.45, 2.75) is 43.6 Å². The highest BCUT2D eigenvalue weighted by Crippen LogP contribution is 2.40. The van der Waals surface area contributed by atoms with Crippen LogP contribution in [0.2, 0.25) is 0 Å². The minimum absolute atomic E-state index is 0.0683. The maximum Gasteiger partial charge on any atom is 0.315 e. The number of aliphatic hydroxyl groups excluding tert-OH is 1. The van der Waals surface area contributed by atoms with Crippen LogP contribution in [0.25, 0.3) is 0 Å². The molecule has 4 rings (SSSR count). The average molecular weight is 370 g/mol. The minimum Gasteiger partial charge on any atom is -0.480 e. The summed E-state index contributed by atoms with van der Waals surface area (Å²) in [5, 5.41) is 12.4. The van der Waals surface area contributed by atoms with Crippen LogP contribution < -0.4 is 10.1 Å². The maximum atomic E-state index is 13.8. The first-order valence-electron chi connectivity index (χ1n) is 8.38. The van der Waals surface area contributed by atoms with Crippen molar-refractivity contribution in [1.29, 1.82) is 0 Å². The number of carbonyl (C=O) groups is 2. The first-order valence-corrected chi connectivity index (χ1v) is 8.38. The molecule has 1 aliphatic carbocycles. The number of likely N-dealkylation sites (tertiary alicyclic amines) is 1. The lowest BCUT2D eigenvalue weighted by molar-refractivity contribution is -0.143. The molecule has 1 unspecified atom stereocenters. The standard InChI is InChI=1S/C17H17F3N2O4/c18-9-2-1-3-11-8(9)5-12(26-11)17(25)22-6-7-4-10(23)14(22)13(7)21-16(24)15(19)20/h1-3,7,10,12-15,23H,4-6H2,(H,21,24)/t7-,10+,12?,13-,14-/m0/s1. The zero-order chi connectivity index (χ0) is 18.6. The third kappa shape index (κ3) is 2.61. The molecule has 2 bridgehead atoms. The van der Waals surface area contributed by atoms with Crippen LogP contribution in [-0.2, 0) is 16.0 Å². The van der Waals surface area contributed by atoms with Gasteiger partial charge in [0.25, 0.3) is 11.8 Å². The Kier molecular flexibility index (Phi) is 4.06. The van der Waals surface area contributed by atoms with Crippen molar-refractivity contribution in [3.05, 3.63) is 29.6 Å². The first-order chi connectivity index (χ1) is 12.4. The first kappa shape index (κ1) is 17.1. The normalized spacial score (nSPS) is 31.9. The summed E-state index contributed by atoms with van der Waals surface area (Å²) in [4.78, 5) is 25.5. The van der Waals surface area contributed by atoms with Crippen molar-refractivity contribution < 1.29 is 32.6 Å². The van der Waals surface area contributed by atoms with E-state index in [1.54, 1.807) is 6.07 Å². The second kappa shape index (κ2) is 6.15. The Morgan fingerprint density at radius 1 is 1.35 bits per heavy atom. The van der Waals surface area contributed by atoms with Crippen LogP contribution in [0.4, 0.5) is 13.2 Å². The number of ether oxygens (including phenoxy) is 1. The number of amides is 2. The summed E-state index contributed by atoms with van der Waals surface area (Å²) in [5.41, 5.74) is 0.318. The van der Waals surface area contributed by atoms with Crippen molar-refractivity contribution >= 4 is 11.8 Å². The van der Waals surface area contributed by atoms with E-state index >= 15 is 0 Å². The Bertz CT molecular complexity index is 760. The van der Waals surface area contributed by atoms with Crippen molar-refractivity contribution in [3.63, 3.8) is 0 Å². The van der Waals surface area contributed by atoms with Crippen molar-refractivity contribution in [2.75, 3.05) is 6.54 Å². The molecule has 6 nitrogen and oxygen atoms in total. The van der Waals surface area contributed by atoms with E-state index in [1.165, 1.54) is 17.0 Å². The van der Waals surface area contributed by atoms with Crippen molar-refractivity contribution in [3.8, 4) is 5.75 Å². The van der Waals surface area contributed by atoms with E-state index in [0.717, 1.165) is 0 Å². The maximum absolute atomic E-state index is 13.8. The molecule has 0 radical (unpaired) electrons. The molecule has 1 aromatic carbocycles. The number of halogens is 3. The molecule has 0 spiro atoms. The molecule has 26 heavy (non-hydrogen) atoms. The fourth-order valence-corrected chi connectivity index (χ4v) is 4.30. The van der Waals surface area contributed by atoms with E-state index in [0.29, 0.717) is 17.7 Å². The summed E-state index contributed by atoms with van der Waals surface area (Å²) in [5.74, 6) is -2.32. The van der Waals surface area contributed by atoms with Gasteiger partial charge in [-0.15, -0.1) is 0 Å². The Morgan fingerprint density at radius 3 is 2.81 bits per heavy atom. The van der Waals surface area contributed by atoms with E-state index < -0.39 is 48.3 Å². The van der Waals surface area contributed by atoms with Gasteiger partial charge in [-0.1, -0.05) is 6.07 Å². The van der Waals surface area contributed by atoms with Gasteiger partial charge in [-0.25, -0.2) is 4.39 Å². The molecule has 2 amide bonds. The van der Waals surface area contributed by atoms with Crippen LogP contribution in [-0.4, -0.2) is 59.1 Å². The summed E-state index contributed by atoms with van der Waals surface area (Å²) in [6.07, 6.45) is -4.62. The topological polar surface area (TPSA) is 78.9 Å². The lowest BCUT2D eigenvalue weighted by Gasteiger charge is -2.32. The molecule has 1 saturated carbocycles. The number of rotatable bonds is 3. The van der Waals surface area contributed by atoms with Gasteiger partial charge in [0.1, 0.15) is 11.6 Å². The van der Waals surface area contributed by atoms with Crippen LogP contribution in [0.1, 0.15) is 12.0 Å². The molecule has 3 aliphatic rings. The predicted octanol–water partition coefficient (Wildman–Crippen LogP) is 0.471. The highest BCUT2D eigenvalue weighted by atomic mass is 19.3. The summed E-state index contributed by atoms with van der Waals surface area (Å²) >= 11 is 0. The summed E-state index contributed by atoms with van der Waals surface area (Å²) in [6, 6.07) is 2.83. The number of hydrogen-bond donors (Lipinski definition) is 2. The highest BCUT2D eigenvalue weighted by Gasteiger charge is 2.56. The van der Waals surface area contributed by atoms with Gasteiger partial charge in [0, 0.05) is 24.4 Å². The second-order valence-corrected chi connectivity index (χ2v) is 6.91. The Labute approximate surface area is 146 Å². The van der Waals surface area contributed by atoms with Gasteiger partial charge >= 0.3 is 6.43 Å². The van der Waals surface area contributed by atoms with Crippen LogP contribution in [0, 0.1) is 11.7 Å². The number of hydrogen-bond acceptors (Lipinski definition) is 4. The van der Waals surface area contributed by atoms with Gasteiger partial charge in [-0.3, -0.25) is 9.59 Å². The number of carbonyl (C=O) groups excluding carboxylic acids is 2. The van der Waals surface area contributed by atoms with Gasteiger partial charge < -0.3 is 20.1 Å². The Morgan fingerprint density at radius 2 is 2.12 bits per heavy atom.